The van der Waals surface area contributed by atoms with Crippen molar-refractivity contribution in [2.24, 2.45) is 4.99 Å². The van der Waals surface area contributed by atoms with Gasteiger partial charge in [-0.05, 0) is 35.9 Å². The molecule has 3 rings (SSSR count). The minimum absolute atomic E-state index is 0.862. The van der Waals surface area contributed by atoms with Gasteiger partial charge in [-0.3, -0.25) is 4.99 Å². The van der Waals surface area contributed by atoms with E-state index in [9.17, 15) is 0 Å². The highest BCUT2D eigenvalue weighted by Crippen LogP contribution is 2.17. The van der Waals surface area contributed by atoms with E-state index in [4.69, 9.17) is 0 Å². The zero-order chi connectivity index (χ0) is 15.9. The first-order chi connectivity index (χ1) is 11.4. The van der Waals surface area contributed by atoms with Crippen LogP contribution in [0.3, 0.4) is 0 Å². The third kappa shape index (κ3) is 4.13. The molecule has 0 saturated carbocycles. The third-order valence-corrected chi connectivity index (χ3v) is 4.77. The van der Waals surface area contributed by atoms with E-state index in [0.29, 0.717) is 0 Å². The number of para-hydroxylation sites is 1. The number of fused-ring (bicyclic) bond motifs is 1. The zero-order valence-corrected chi connectivity index (χ0v) is 14.1. The van der Waals surface area contributed by atoms with Crippen molar-refractivity contribution in [2.75, 3.05) is 20.1 Å². The van der Waals surface area contributed by atoms with Crippen molar-refractivity contribution in [3.05, 3.63) is 58.4 Å². The second-order valence-electron chi connectivity index (χ2n) is 5.36. The van der Waals surface area contributed by atoms with Crippen molar-refractivity contribution in [1.29, 1.82) is 0 Å². The summed E-state index contributed by atoms with van der Waals surface area (Å²) in [5.74, 6) is 0.862. The van der Waals surface area contributed by atoms with Crippen molar-refractivity contribution < 1.29 is 0 Å². The number of H-pyrrole nitrogens is 1. The minimum atomic E-state index is 0.862. The van der Waals surface area contributed by atoms with E-state index in [1.54, 1.807) is 11.3 Å². The van der Waals surface area contributed by atoms with Gasteiger partial charge in [0.1, 0.15) is 0 Å². The van der Waals surface area contributed by atoms with E-state index in [1.807, 2.05) is 7.05 Å². The summed E-state index contributed by atoms with van der Waals surface area (Å²) in [5.41, 5.74) is 2.53. The fraction of sp³-hybridized carbons (Fsp3) is 0.278. The topological polar surface area (TPSA) is 52.2 Å². The molecule has 4 nitrogen and oxygen atoms in total. The number of aromatic nitrogens is 1. The molecule has 5 heteroatoms. The van der Waals surface area contributed by atoms with Gasteiger partial charge in [-0.1, -0.05) is 24.3 Å². The minimum Gasteiger partial charge on any atom is -0.361 e. The molecule has 0 aliphatic carbocycles. The molecule has 0 radical (unpaired) electrons. The highest BCUT2D eigenvalue weighted by atomic mass is 32.1. The van der Waals surface area contributed by atoms with E-state index >= 15 is 0 Å². The molecular weight excluding hydrogens is 304 g/mol. The second kappa shape index (κ2) is 7.83. The summed E-state index contributed by atoms with van der Waals surface area (Å²) in [6.45, 7) is 1.76. The SMILES string of the molecule is CN=C(NCCc1cccs1)NCCc1c[nH]c2ccccc12. The Balaban J connectivity index is 1.45. The van der Waals surface area contributed by atoms with Gasteiger partial charge in [0.15, 0.2) is 5.96 Å². The molecule has 2 aromatic heterocycles. The Morgan fingerprint density at radius 3 is 2.70 bits per heavy atom. The number of rotatable bonds is 6. The number of nitrogens with one attached hydrogen (secondary N) is 3. The third-order valence-electron chi connectivity index (χ3n) is 3.83. The van der Waals surface area contributed by atoms with Crippen LogP contribution in [-0.2, 0) is 12.8 Å². The first kappa shape index (κ1) is 15.6. The van der Waals surface area contributed by atoms with Gasteiger partial charge in [0.2, 0.25) is 0 Å². The van der Waals surface area contributed by atoms with E-state index in [-0.39, 0.29) is 0 Å². The van der Waals surface area contributed by atoms with Gasteiger partial charge in [-0.25, -0.2) is 0 Å². The number of aromatic amines is 1. The van der Waals surface area contributed by atoms with Crippen LogP contribution >= 0.6 is 11.3 Å². The Morgan fingerprint density at radius 1 is 1.09 bits per heavy atom. The molecule has 23 heavy (non-hydrogen) atoms. The fourth-order valence-electron chi connectivity index (χ4n) is 2.63. The highest BCUT2D eigenvalue weighted by molar-refractivity contribution is 7.09. The maximum Gasteiger partial charge on any atom is 0.190 e. The van der Waals surface area contributed by atoms with Crippen LogP contribution in [0.2, 0.25) is 0 Å². The zero-order valence-electron chi connectivity index (χ0n) is 13.3. The Morgan fingerprint density at radius 2 is 1.91 bits per heavy atom. The summed E-state index contributed by atoms with van der Waals surface area (Å²) >= 11 is 1.80. The summed E-state index contributed by atoms with van der Waals surface area (Å²) in [5, 5.41) is 10.2. The van der Waals surface area contributed by atoms with Crippen molar-refractivity contribution in [3.8, 4) is 0 Å². The average Bonchev–Trinajstić information content (AvgIpc) is 3.23. The van der Waals surface area contributed by atoms with Gasteiger partial charge in [0.05, 0.1) is 0 Å². The van der Waals surface area contributed by atoms with Crippen molar-refractivity contribution >= 4 is 28.2 Å². The summed E-state index contributed by atoms with van der Waals surface area (Å²) in [6, 6.07) is 12.7. The molecule has 0 amide bonds. The summed E-state index contributed by atoms with van der Waals surface area (Å²) in [6.07, 6.45) is 4.09. The first-order valence-corrected chi connectivity index (χ1v) is 8.76. The second-order valence-corrected chi connectivity index (χ2v) is 6.40. The van der Waals surface area contributed by atoms with E-state index in [2.05, 4.69) is 68.6 Å². The van der Waals surface area contributed by atoms with E-state index in [0.717, 1.165) is 31.9 Å². The van der Waals surface area contributed by atoms with Crippen molar-refractivity contribution in [1.82, 2.24) is 15.6 Å². The fourth-order valence-corrected chi connectivity index (χ4v) is 3.34. The lowest BCUT2D eigenvalue weighted by molar-refractivity contribution is 0.789. The number of thiophene rings is 1. The van der Waals surface area contributed by atoms with Crippen molar-refractivity contribution in [3.63, 3.8) is 0 Å². The highest BCUT2D eigenvalue weighted by Gasteiger charge is 2.03. The van der Waals surface area contributed by atoms with Crippen LogP contribution in [0, 0.1) is 0 Å². The standard InChI is InChI=1S/C18H22N4S/c1-19-18(21-11-9-15-5-4-12-23-15)20-10-8-14-13-22-17-7-3-2-6-16(14)17/h2-7,12-13,22H,8-11H2,1H3,(H2,19,20,21). The molecule has 3 aromatic rings. The van der Waals surface area contributed by atoms with Crippen LogP contribution < -0.4 is 10.6 Å². The predicted molar refractivity (Wildman–Crippen MR) is 99.4 cm³/mol. The lowest BCUT2D eigenvalue weighted by Crippen LogP contribution is -2.39. The number of nitrogens with zero attached hydrogens (tertiary/aromatic N) is 1. The summed E-state index contributed by atoms with van der Waals surface area (Å²) < 4.78 is 0. The molecule has 0 aliphatic heterocycles. The van der Waals surface area contributed by atoms with Crippen LogP contribution in [0.1, 0.15) is 10.4 Å². The van der Waals surface area contributed by atoms with E-state index in [1.165, 1.54) is 21.3 Å². The van der Waals surface area contributed by atoms with E-state index < -0.39 is 0 Å². The smallest absolute Gasteiger partial charge is 0.190 e. The molecule has 3 N–H and O–H groups in total. The molecule has 2 heterocycles. The first-order valence-electron chi connectivity index (χ1n) is 7.88. The van der Waals surface area contributed by atoms with Crippen LogP contribution in [0.15, 0.2) is 53.0 Å². The number of benzene rings is 1. The van der Waals surface area contributed by atoms with Crippen molar-refractivity contribution in [2.45, 2.75) is 12.8 Å². The lowest BCUT2D eigenvalue weighted by Gasteiger charge is -2.11. The van der Waals surface area contributed by atoms with Crippen LogP contribution in [0.25, 0.3) is 10.9 Å². The molecule has 0 aliphatic rings. The average molecular weight is 326 g/mol. The number of guanidine groups is 1. The predicted octanol–water partition coefficient (Wildman–Crippen LogP) is 3.18. The number of hydrogen-bond acceptors (Lipinski definition) is 2. The number of aliphatic imine (C=N–C) groups is 1. The van der Waals surface area contributed by atoms with Crippen LogP contribution in [0.4, 0.5) is 0 Å². The Kier molecular flexibility index (Phi) is 5.32. The Hall–Kier alpha value is -2.27. The quantitative estimate of drug-likeness (QED) is 0.481. The normalized spacial score (nSPS) is 11.8. The molecule has 0 atom stereocenters. The molecule has 0 bridgehead atoms. The van der Waals surface area contributed by atoms with Gasteiger partial charge in [-0.2, -0.15) is 0 Å². The molecule has 0 spiro atoms. The maximum absolute atomic E-state index is 4.28. The largest absolute Gasteiger partial charge is 0.361 e. The monoisotopic (exact) mass is 326 g/mol. The van der Waals surface area contributed by atoms with Crippen LogP contribution in [0.5, 0.6) is 0 Å². The van der Waals surface area contributed by atoms with Crippen LogP contribution in [-0.4, -0.2) is 31.1 Å². The molecule has 120 valence electrons. The molecule has 0 saturated heterocycles. The number of hydrogen-bond donors (Lipinski definition) is 3. The molecule has 1 aromatic carbocycles. The molecular formula is C18H22N4S. The Labute approximate surface area is 140 Å². The summed E-state index contributed by atoms with van der Waals surface area (Å²) in [7, 11) is 1.81. The Bertz CT molecular complexity index is 758. The summed E-state index contributed by atoms with van der Waals surface area (Å²) in [4.78, 5) is 8.99. The van der Waals surface area contributed by atoms with Gasteiger partial charge < -0.3 is 15.6 Å². The van der Waals surface area contributed by atoms with Gasteiger partial charge in [0.25, 0.3) is 0 Å². The van der Waals surface area contributed by atoms with Gasteiger partial charge in [-0.15, -0.1) is 11.3 Å². The van der Waals surface area contributed by atoms with Gasteiger partial charge in [0, 0.05) is 42.1 Å². The maximum atomic E-state index is 4.28. The van der Waals surface area contributed by atoms with Gasteiger partial charge >= 0.3 is 0 Å². The molecule has 0 unspecified atom stereocenters. The lowest BCUT2D eigenvalue weighted by atomic mass is 10.1. The molecule has 0 fully saturated rings.